The van der Waals surface area contributed by atoms with Gasteiger partial charge in [-0.2, -0.15) is 0 Å². The minimum Gasteiger partial charge on any atom is -0.494 e. The summed E-state index contributed by atoms with van der Waals surface area (Å²) in [7, 11) is 0. The van der Waals surface area contributed by atoms with Gasteiger partial charge < -0.3 is 44.6 Å². The van der Waals surface area contributed by atoms with Gasteiger partial charge in [-0.15, -0.1) is 15.0 Å². The van der Waals surface area contributed by atoms with Crippen molar-refractivity contribution in [3.05, 3.63) is 121 Å². The number of hydrogen-bond acceptors (Lipinski definition) is 15. The Bertz CT molecular complexity index is 2080. The Morgan fingerprint density at radius 3 is 1.32 bits per heavy atom. The van der Waals surface area contributed by atoms with Gasteiger partial charge in [0.15, 0.2) is 0 Å². The summed E-state index contributed by atoms with van der Waals surface area (Å²) < 4.78 is 39.3. The van der Waals surface area contributed by atoms with Gasteiger partial charge in [-0.3, -0.25) is 0 Å². The molecule has 0 amide bonds. The molecule has 5 aromatic rings. The number of unbranched alkanes of at least 4 members (excludes halogenated alkanes) is 2. The van der Waals surface area contributed by atoms with Crippen molar-refractivity contribution in [1.82, 2.24) is 15.0 Å². The number of nitrogen functional groups attached to an aromatic ring is 2. The molecule has 0 spiro atoms. The van der Waals surface area contributed by atoms with E-state index in [2.05, 4.69) is 28.1 Å². The van der Waals surface area contributed by atoms with E-state index in [0.717, 1.165) is 12.8 Å². The molecule has 0 saturated carbocycles. The average Bonchev–Trinajstić information content (AvgIpc) is 3.16. The van der Waals surface area contributed by atoms with Crippen LogP contribution in [0.3, 0.4) is 0 Å². The van der Waals surface area contributed by atoms with Crippen molar-refractivity contribution in [2.45, 2.75) is 33.1 Å². The van der Waals surface area contributed by atoms with Crippen molar-refractivity contribution in [3.63, 3.8) is 0 Å². The van der Waals surface area contributed by atoms with Crippen LogP contribution in [-0.4, -0.2) is 46.1 Å². The average molecular weight is 762 g/mol. The molecule has 0 atom stereocenters. The van der Waals surface area contributed by atoms with E-state index in [1.807, 2.05) is 0 Å². The largest absolute Gasteiger partial charge is 0.494 e. The number of rotatable bonds is 18. The molecule has 1 heterocycles. The number of carbonyl (C=O) groups excluding carboxylic acids is 3. The monoisotopic (exact) mass is 761 g/mol. The third-order valence-electron chi connectivity index (χ3n) is 7.29. The fraction of sp³-hybridized carbons (Fsp3) is 0.171. The zero-order chi connectivity index (χ0) is 40.0. The Morgan fingerprint density at radius 2 is 0.911 bits per heavy atom. The summed E-state index contributed by atoms with van der Waals surface area (Å²) in [6.07, 6.45) is 2.18. The second-order valence-electron chi connectivity index (χ2n) is 12.2. The zero-order valence-electron chi connectivity index (χ0n) is 30.7. The second kappa shape index (κ2) is 19.1. The maximum absolute atomic E-state index is 12.2. The van der Waals surface area contributed by atoms with Gasteiger partial charge in [-0.05, 0) is 124 Å². The zero-order valence-corrected chi connectivity index (χ0v) is 30.7. The first-order chi connectivity index (χ1) is 26.9. The second-order valence-corrected chi connectivity index (χ2v) is 12.2. The number of hydrogen-bond donors (Lipinski definition) is 2. The van der Waals surface area contributed by atoms with Gasteiger partial charge >= 0.3 is 35.9 Å². The van der Waals surface area contributed by atoms with Gasteiger partial charge in [-0.1, -0.05) is 13.2 Å². The number of anilines is 2. The van der Waals surface area contributed by atoms with Crippen LogP contribution in [0.1, 0.15) is 43.5 Å². The topological polar surface area (TPSA) is 207 Å². The highest BCUT2D eigenvalue weighted by molar-refractivity contribution is 5.92. The first kappa shape index (κ1) is 39.8. The first-order valence-corrected chi connectivity index (χ1v) is 17.2. The number of nitrogens with zero attached hydrogens (tertiary/aromatic N) is 3. The third kappa shape index (κ3) is 12.3. The van der Waals surface area contributed by atoms with Gasteiger partial charge in [0, 0.05) is 22.5 Å². The van der Waals surface area contributed by atoms with Crippen LogP contribution >= 0.6 is 0 Å². The molecule has 15 nitrogen and oxygen atoms in total. The number of nitrogens with two attached hydrogens (primary N) is 2. The van der Waals surface area contributed by atoms with Gasteiger partial charge in [0.05, 0.1) is 18.8 Å². The summed E-state index contributed by atoms with van der Waals surface area (Å²) in [5.74, 6) is 0.622. The molecule has 0 saturated heterocycles. The Hall–Kier alpha value is -7.42. The Labute approximate surface area is 322 Å². The van der Waals surface area contributed by atoms with Crippen LogP contribution in [0, 0.1) is 0 Å². The van der Waals surface area contributed by atoms with E-state index in [4.69, 9.17) is 44.6 Å². The standard InChI is InChI=1S/C41H39N5O10/c1-25(2)36(47)52-31-12-16-34(17-13-31)55-40-44-39(45-41(46-40)56-35-18-14-32(15-19-35)53-37(48)26(3)4)54-33-10-8-30(9-11-33)50-20-6-5-7-21-51-38(49)27-22-28(42)24-29(43)23-27/h8-19,22-24H,1,3,5-7,20-21,42-43H2,2,4H3. The number of ether oxygens (including phenoxy) is 7. The van der Waals surface area contributed by atoms with E-state index in [9.17, 15) is 14.4 Å². The molecule has 0 bridgehead atoms. The molecule has 0 unspecified atom stereocenters. The van der Waals surface area contributed by atoms with Crippen LogP contribution in [-0.2, 0) is 14.3 Å². The molecule has 0 aliphatic carbocycles. The normalized spacial score (nSPS) is 10.5. The van der Waals surface area contributed by atoms with E-state index in [1.165, 1.54) is 36.4 Å². The maximum Gasteiger partial charge on any atom is 0.338 e. The molecule has 0 fully saturated rings. The molecule has 0 aliphatic rings. The van der Waals surface area contributed by atoms with Crippen LogP contribution in [0.5, 0.6) is 52.5 Å². The Kier molecular flexibility index (Phi) is 13.5. The van der Waals surface area contributed by atoms with Crippen molar-refractivity contribution in [2.75, 3.05) is 24.7 Å². The van der Waals surface area contributed by atoms with Crippen molar-refractivity contribution in [2.24, 2.45) is 0 Å². The van der Waals surface area contributed by atoms with Gasteiger partial charge in [0.1, 0.15) is 34.5 Å². The summed E-state index contributed by atoms with van der Waals surface area (Å²) in [4.78, 5) is 48.8. The van der Waals surface area contributed by atoms with Crippen LogP contribution in [0.2, 0.25) is 0 Å². The Balaban J connectivity index is 1.18. The SMILES string of the molecule is C=C(C)C(=O)Oc1ccc(Oc2nc(Oc3ccc(OCCCCCOC(=O)c4cc(N)cc(N)c4)cc3)nc(Oc3ccc(OC(=O)C(=C)C)cc3)n2)cc1. The van der Waals surface area contributed by atoms with Gasteiger partial charge in [0.2, 0.25) is 0 Å². The fourth-order valence-corrected chi connectivity index (χ4v) is 4.53. The predicted molar refractivity (Wildman–Crippen MR) is 205 cm³/mol. The van der Waals surface area contributed by atoms with Crippen LogP contribution in [0.15, 0.2) is 115 Å². The van der Waals surface area contributed by atoms with E-state index in [0.29, 0.717) is 64.5 Å². The van der Waals surface area contributed by atoms with Crippen LogP contribution in [0.25, 0.3) is 0 Å². The molecule has 5 rings (SSSR count). The lowest BCUT2D eigenvalue weighted by atomic mass is 10.2. The minimum absolute atomic E-state index is 0.141. The summed E-state index contributed by atoms with van der Waals surface area (Å²) in [6, 6.07) is 23.4. The van der Waals surface area contributed by atoms with Crippen molar-refractivity contribution in [1.29, 1.82) is 0 Å². The minimum atomic E-state index is -0.559. The fourth-order valence-electron chi connectivity index (χ4n) is 4.53. The van der Waals surface area contributed by atoms with Crippen LogP contribution in [0.4, 0.5) is 11.4 Å². The number of esters is 3. The summed E-state index contributed by atoms with van der Waals surface area (Å²) in [6.45, 7) is 10.9. The molecule has 4 N–H and O–H groups in total. The molecule has 288 valence electrons. The highest BCUT2D eigenvalue weighted by Gasteiger charge is 2.15. The smallest absolute Gasteiger partial charge is 0.338 e. The highest BCUT2D eigenvalue weighted by Crippen LogP contribution is 2.29. The Morgan fingerprint density at radius 1 is 0.536 bits per heavy atom. The van der Waals surface area contributed by atoms with E-state index < -0.39 is 17.9 Å². The first-order valence-electron chi connectivity index (χ1n) is 17.2. The summed E-state index contributed by atoms with van der Waals surface area (Å²) in [5.41, 5.74) is 13.1. The molecule has 0 radical (unpaired) electrons. The van der Waals surface area contributed by atoms with Crippen molar-refractivity contribution >= 4 is 29.3 Å². The van der Waals surface area contributed by atoms with Crippen molar-refractivity contribution in [3.8, 4) is 52.5 Å². The van der Waals surface area contributed by atoms with E-state index >= 15 is 0 Å². The molecular weight excluding hydrogens is 722 g/mol. The van der Waals surface area contributed by atoms with E-state index in [1.54, 1.807) is 68.4 Å². The van der Waals surface area contributed by atoms with Crippen LogP contribution < -0.4 is 39.9 Å². The van der Waals surface area contributed by atoms with Gasteiger partial charge in [0.25, 0.3) is 0 Å². The van der Waals surface area contributed by atoms with E-state index in [-0.39, 0.29) is 35.8 Å². The molecule has 15 heteroatoms. The molecular formula is C41H39N5O10. The lowest BCUT2D eigenvalue weighted by Crippen LogP contribution is -2.08. The lowest BCUT2D eigenvalue weighted by Gasteiger charge is -2.11. The molecule has 4 aromatic carbocycles. The molecule has 0 aliphatic heterocycles. The molecule has 1 aromatic heterocycles. The summed E-state index contributed by atoms with van der Waals surface area (Å²) >= 11 is 0. The number of aromatic nitrogens is 3. The quantitative estimate of drug-likeness (QED) is 0.0287. The maximum atomic E-state index is 12.2. The predicted octanol–water partition coefficient (Wildman–Crippen LogP) is 7.78. The van der Waals surface area contributed by atoms with Crippen molar-refractivity contribution < 1.29 is 47.5 Å². The lowest BCUT2D eigenvalue weighted by molar-refractivity contribution is -0.130. The summed E-state index contributed by atoms with van der Waals surface area (Å²) in [5, 5.41) is 0. The van der Waals surface area contributed by atoms with Gasteiger partial charge in [-0.25, -0.2) is 14.4 Å². The third-order valence-corrected chi connectivity index (χ3v) is 7.29. The number of carbonyl (C=O) groups is 3. The molecule has 56 heavy (non-hydrogen) atoms. The number of benzene rings is 4. The highest BCUT2D eigenvalue weighted by atomic mass is 16.6.